The van der Waals surface area contributed by atoms with Crippen LogP contribution < -0.4 is 10.6 Å². The number of aryl methyl sites for hydroxylation is 1. The summed E-state index contributed by atoms with van der Waals surface area (Å²) in [5.74, 6) is 0.0679. The van der Waals surface area contributed by atoms with Crippen molar-refractivity contribution in [1.82, 2.24) is 4.57 Å². The van der Waals surface area contributed by atoms with E-state index < -0.39 is 0 Å². The van der Waals surface area contributed by atoms with Gasteiger partial charge in [0, 0.05) is 35.7 Å². The fourth-order valence-corrected chi connectivity index (χ4v) is 3.58. The van der Waals surface area contributed by atoms with Crippen molar-refractivity contribution in [3.05, 3.63) is 71.9 Å². The van der Waals surface area contributed by atoms with Crippen LogP contribution in [0.4, 0.5) is 11.4 Å². The van der Waals surface area contributed by atoms with Gasteiger partial charge in [-0.05, 0) is 54.3 Å². The second kappa shape index (κ2) is 8.35. The minimum absolute atomic E-state index is 0.156. The van der Waals surface area contributed by atoms with E-state index in [4.69, 9.17) is 0 Å². The van der Waals surface area contributed by atoms with Crippen molar-refractivity contribution in [2.45, 2.75) is 40.2 Å². The van der Waals surface area contributed by atoms with Crippen LogP contribution in [0, 0.1) is 6.92 Å². The lowest BCUT2D eigenvalue weighted by molar-refractivity contribution is -0.114. The van der Waals surface area contributed by atoms with Gasteiger partial charge >= 0.3 is 0 Å². The second-order valence-corrected chi connectivity index (χ2v) is 7.52. The number of fused-ring (bicyclic) bond motifs is 1. The van der Waals surface area contributed by atoms with E-state index in [9.17, 15) is 9.59 Å². The highest BCUT2D eigenvalue weighted by molar-refractivity contribution is 6.08. The molecule has 0 bridgehead atoms. The van der Waals surface area contributed by atoms with E-state index >= 15 is 0 Å². The van der Waals surface area contributed by atoms with Crippen LogP contribution in [0.25, 0.3) is 10.9 Å². The Labute approximate surface area is 171 Å². The number of rotatable bonds is 6. The lowest BCUT2D eigenvalue weighted by Crippen LogP contribution is -2.18. The maximum atomic E-state index is 13.2. The summed E-state index contributed by atoms with van der Waals surface area (Å²) in [6.07, 6.45) is 1.80. The molecule has 1 aromatic heterocycles. The molecular formula is C24H27N3O2. The standard InChI is InChI=1S/C24H27N3O2/c1-6-12-27-22-11-10-18(15(2)3)13-21(22)16(4)23(27)24(29)26-20-9-7-8-19(14-20)25-17(5)28/h6-11,13-15H,1,12H2,2-5H3,(H,25,28)(H,26,29). The number of carbonyl (C=O) groups excluding carboxylic acids is 2. The highest BCUT2D eigenvalue weighted by Gasteiger charge is 2.20. The van der Waals surface area contributed by atoms with Gasteiger partial charge in [-0.3, -0.25) is 9.59 Å². The molecular weight excluding hydrogens is 362 g/mol. The molecule has 0 unspecified atom stereocenters. The van der Waals surface area contributed by atoms with Crippen molar-refractivity contribution < 1.29 is 9.59 Å². The lowest BCUT2D eigenvalue weighted by atomic mass is 10.0. The van der Waals surface area contributed by atoms with E-state index in [1.807, 2.05) is 11.5 Å². The van der Waals surface area contributed by atoms with Crippen LogP contribution in [0.3, 0.4) is 0 Å². The molecule has 3 rings (SSSR count). The molecule has 150 valence electrons. The van der Waals surface area contributed by atoms with E-state index in [-0.39, 0.29) is 11.8 Å². The first-order chi connectivity index (χ1) is 13.8. The van der Waals surface area contributed by atoms with Crippen LogP contribution in [0.2, 0.25) is 0 Å². The van der Waals surface area contributed by atoms with Crippen molar-refractivity contribution in [1.29, 1.82) is 0 Å². The molecule has 1 heterocycles. The maximum Gasteiger partial charge on any atom is 0.272 e. The Balaban J connectivity index is 2.02. The third-order valence-electron chi connectivity index (χ3n) is 4.97. The molecule has 2 amide bonds. The number of hydrogen-bond donors (Lipinski definition) is 2. The number of hydrogen-bond acceptors (Lipinski definition) is 2. The Hall–Kier alpha value is -3.34. The topological polar surface area (TPSA) is 63.1 Å². The minimum Gasteiger partial charge on any atom is -0.332 e. The predicted molar refractivity (Wildman–Crippen MR) is 120 cm³/mol. The van der Waals surface area contributed by atoms with E-state index in [1.54, 1.807) is 30.3 Å². The van der Waals surface area contributed by atoms with Crippen LogP contribution in [0.15, 0.2) is 55.1 Å². The van der Waals surface area contributed by atoms with Gasteiger partial charge in [-0.1, -0.05) is 32.1 Å². The minimum atomic E-state index is -0.188. The van der Waals surface area contributed by atoms with Crippen LogP contribution in [0.1, 0.15) is 48.3 Å². The molecule has 0 fully saturated rings. The van der Waals surface area contributed by atoms with Crippen LogP contribution in [-0.4, -0.2) is 16.4 Å². The first-order valence-electron chi connectivity index (χ1n) is 9.74. The summed E-state index contributed by atoms with van der Waals surface area (Å²) in [5, 5.41) is 6.77. The average Bonchev–Trinajstić information content (AvgIpc) is 2.93. The van der Waals surface area contributed by atoms with Crippen molar-refractivity contribution in [3.8, 4) is 0 Å². The molecule has 3 aromatic rings. The molecule has 0 aliphatic heterocycles. The van der Waals surface area contributed by atoms with Gasteiger partial charge in [-0.15, -0.1) is 6.58 Å². The van der Waals surface area contributed by atoms with Crippen molar-refractivity contribution in [3.63, 3.8) is 0 Å². The number of nitrogens with one attached hydrogen (secondary N) is 2. The Morgan fingerprint density at radius 3 is 2.41 bits per heavy atom. The number of benzene rings is 2. The molecule has 0 saturated carbocycles. The number of nitrogens with zero attached hydrogens (tertiary/aromatic N) is 1. The molecule has 2 N–H and O–H groups in total. The zero-order valence-electron chi connectivity index (χ0n) is 17.4. The first kappa shape index (κ1) is 20.4. The summed E-state index contributed by atoms with van der Waals surface area (Å²) >= 11 is 0. The number of aromatic nitrogens is 1. The van der Waals surface area contributed by atoms with Crippen molar-refractivity contribution in [2.75, 3.05) is 10.6 Å². The quantitative estimate of drug-likeness (QED) is 0.549. The molecule has 0 atom stereocenters. The molecule has 0 aliphatic carbocycles. The molecule has 0 saturated heterocycles. The maximum absolute atomic E-state index is 13.2. The molecule has 0 spiro atoms. The monoisotopic (exact) mass is 389 g/mol. The number of carbonyl (C=O) groups is 2. The molecule has 29 heavy (non-hydrogen) atoms. The van der Waals surface area contributed by atoms with E-state index in [0.717, 1.165) is 16.5 Å². The summed E-state index contributed by atoms with van der Waals surface area (Å²) < 4.78 is 1.99. The third-order valence-corrected chi connectivity index (χ3v) is 4.97. The first-order valence-corrected chi connectivity index (χ1v) is 9.74. The summed E-state index contributed by atoms with van der Waals surface area (Å²) in [7, 11) is 0. The zero-order valence-corrected chi connectivity index (χ0v) is 17.4. The summed E-state index contributed by atoms with van der Waals surface area (Å²) in [5.41, 5.74) is 5.08. The van der Waals surface area contributed by atoms with Gasteiger partial charge in [0.1, 0.15) is 5.69 Å². The fourth-order valence-electron chi connectivity index (χ4n) is 3.58. The van der Waals surface area contributed by atoms with E-state index in [0.29, 0.717) is 29.5 Å². The van der Waals surface area contributed by atoms with Crippen LogP contribution in [0.5, 0.6) is 0 Å². The van der Waals surface area contributed by atoms with E-state index in [2.05, 4.69) is 49.3 Å². The van der Waals surface area contributed by atoms with Crippen molar-refractivity contribution in [2.24, 2.45) is 0 Å². The lowest BCUT2D eigenvalue weighted by Gasteiger charge is -2.11. The highest BCUT2D eigenvalue weighted by atomic mass is 16.2. The van der Waals surface area contributed by atoms with Crippen LogP contribution >= 0.6 is 0 Å². The summed E-state index contributed by atoms with van der Waals surface area (Å²) in [6.45, 7) is 12.1. The number of anilines is 2. The number of allylic oxidation sites excluding steroid dienone is 1. The van der Waals surface area contributed by atoms with Gasteiger partial charge < -0.3 is 15.2 Å². The molecule has 0 radical (unpaired) electrons. The van der Waals surface area contributed by atoms with Gasteiger partial charge in [0.05, 0.1) is 0 Å². The molecule has 0 aliphatic rings. The van der Waals surface area contributed by atoms with Gasteiger partial charge in [0.2, 0.25) is 5.91 Å². The van der Waals surface area contributed by atoms with Crippen LogP contribution in [-0.2, 0) is 11.3 Å². The fraction of sp³-hybridized carbons (Fsp3) is 0.250. The second-order valence-electron chi connectivity index (χ2n) is 7.52. The third kappa shape index (κ3) is 4.24. The van der Waals surface area contributed by atoms with Gasteiger partial charge in [-0.2, -0.15) is 0 Å². The Kier molecular flexibility index (Phi) is 5.87. The van der Waals surface area contributed by atoms with Gasteiger partial charge in [-0.25, -0.2) is 0 Å². The Morgan fingerprint density at radius 1 is 1.10 bits per heavy atom. The predicted octanol–water partition coefficient (Wildman–Crippen LogP) is 5.47. The SMILES string of the molecule is C=CCn1c(C(=O)Nc2cccc(NC(C)=O)c2)c(C)c2cc(C(C)C)ccc21. The zero-order chi connectivity index (χ0) is 21.1. The largest absolute Gasteiger partial charge is 0.332 e. The molecule has 5 heteroatoms. The summed E-state index contributed by atoms with van der Waals surface area (Å²) in [6, 6.07) is 13.5. The van der Waals surface area contributed by atoms with Gasteiger partial charge in [0.25, 0.3) is 5.91 Å². The highest BCUT2D eigenvalue weighted by Crippen LogP contribution is 2.30. The Bertz CT molecular complexity index is 1090. The average molecular weight is 389 g/mol. The Morgan fingerprint density at radius 2 is 1.79 bits per heavy atom. The van der Waals surface area contributed by atoms with Gasteiger partial charge in [0.15, 0.2) is 0 Å². The molecule has 2 aromatic carbocycles. The van der Waals surface area contributed by atoms with Crippen molar-refractivity contribution >= 4 is 34.1 Å². The number of amides is 2. The molecule has 5 nitrogen and oxygen atoms in total. The normalized spacial score (nSPS) is 10.9. The van der Waals surface area contributed by atoms with E-state index in [1.165, 1.54) is 12.5 Å². The summed E-state index contributed by atoms with van der Waals surface area (Å²) in [4.78, 5) is 24.5. The smallest absolute Gasteiger partial charge is 0.272 e.